The summed E-state index contributed by atoms with van der Waals surface area (Å²) >= 11 is 0. The Morgan fingerprint density at radius 3 is 2.53 bits per heavy atom. The van der Waals surface area contributed by atoms with Gasteiger partial charge in [-0.2, -0.15) is 0 Å². The van der Waals surface area contributed by atoms with Gasteiger partial charge >= 0.3 is 0 Å². The summed E-state index contributed by atoms with van der Waals surface area (Å²) in [6.07, 6.45) is 10.7. The van der Waals surface area contributed by atoms with Crippen LogP contribution in [0.2, 0.25) is 0 Å². The normalized spacial score (nSPS) is 30.4. The van der Waals surface area contributed by atoms with E-state index in [1.807, 2.05) is 0 Å². The van der Waals surface area contributed by atoms with Gasteiger partial charge < -0.3 is 11.1 Å². The Balaban J connectivity index is 1.72. The highest BCUT2D eigenvalue weighted by Gasteiger charge is 2.28. The zero-order valence-electron chi connectivity index (χ0n) is 10.8. The van der Waals surface area contributed by atoms with Gasteiger partial charge in [-0.1, -0.05) is 25.7 Å². The Labute approximate surface area is 105 Å². The van der Waals surface area contributed by atoms with Crippen LogP contribution in [0.3, 0.4) is 0 Å². The molecule has 2 atom stereocenters. The number of nitrogens with one attached hydrogen (secondary N) is 1. The van der Waals surface area contributed by atoms with Crippen LogP contribution in [0.25, 0.3) is 0 Å². The van der Waals surface area contributed by atoms with Gasteiger partial charge in [0.2, 0.25) is 5.91 Å². The number of carbonyl (C=O) groups excluding carboxylic acids is 1. The zero-order valence-corrected chi connectivity index (χ0v) is 10.8. The fraction of sp³-hybridized carbons (Fsp3) is 0.929. The maximum Gasteiger partial charge on any atom is 0.220 e. The molecule has 98 valence electrons. The van der Waals surface area contributed by atoms with E-state index in [9.17, 15) is 4.79 Å². The van der Waals surface area contributed by atoms with Gasteiger partial charge in [0.15, 0.2) is 0 Å². The van der Waals surface area contributed by atoms with Crippen LogP contribution < -0.4 is 11.1 Å². The van der Waals surface area contributed by atoms with Crippen LogP contribution in [-0.4, -0.2) is 18.5 Å². The van der Waals surface area contributed by atoms with Gasteiger partial charge in [-0.05, 0) is 44.1 Å². The average Bonchev–Trinajstić information content (AvgIpc) is 2.77. The molecule has 3 N–H and O–H groups in total. The largest absolute Gasteiger partial charge is 0.353 e. The van der Waals surface area contributed by atoms with Crippen LogP contribution in [0.1, 0.15) is 57.8 Å². The molecule has 0 radical (unpaired) electrons. The number of amides is 1. The van der Waals surface area contributed by atoms with E-state index in [0.29, 0.717) is 24.4 Å². The zero-order chi connectivity index (χ0) is 12.1. The smallest absolute Gasteiger partial charge is 0.220 e. The van der Waals surface area contributed by atoms with E-state index in [1.165, 1.54) is 44.9 Å². The van der Waals surface area contributed by atoms with E-state index in [1.54, 1.807) is 0 Å². The Bertz CT molecular complexity index is 249. The summed E-state index contributed by atoms with van der Waals surface area (Å²) in [4.78, 5) is 12.0. The summed E-state index contributed by atoms with van der Waals surface area (Å²) in [5, 5.41) is 3.21. The van der Waals surface area contributed by atoms with Crippen LogP contribution in [0.15, 0.2) is 0 Å². The van der Waals surface area contributed by atoms with Gasteiger partial charge in [-0.15, -0.1) is 0 Å². The highest BCUT2D eigenvalue weighted by Crippen LogP contribution is 2.27. The Morgan fingerprint density at radius 1 is 1.06 bits per heavy atom. The highest BCUT2D eigenvalue weighted by molar-refractivity contribution is 5.76. The van der Waals surface area contributed by atoms with Crippen molar-refractivity contribution < 1.29 is 4.79 Å². The van der Waals surface area contributed by atoms with Crippen molar-refractivity contribution in [1.82, 2.24) is 5.32 Å². The van der Waals surface area contributed by atoms with Crippen molar-refractivity contribution in [2.45, 2.75) is 63.8 Å². The van der Waals surface area contributed by atoms with Crippen LogP contribution in [0.5, 0.6) is 0 Å². The van der Waals surface area contributed by atoms with Crippen molar-refractivity contribution in [2.75, 3.05) is 6.54 Å². The fourth-order valence-corrected chi connectivity index (χ4v) is 3.43. The van der Waals surface area contributed by atoms with Crippen molar-refractivity contribution in [2.24, 2.45) is 17.6 Å². The van der Waals surface area contributed by atoms with Gasteiger partial charge in [-0.25, -0.2) is 0 Å². The minimum Gasteiger partial charge on any atom is -0.353 e. The SMILES string of the molecule is NCC1CCCC1NC(=O)CC1CCCCC1. The first-order valence-electron chi connectivity index (χ1n) is 7.29. The third kappa shape index (κ3) is 3.70. The monoisotopic (exact) mass is 238 g/mol. The van der Waals surface area contributed by atoms with E-state index in [0.717, 1.165) is 12.8 Å². The molecule has 2 unspecified atom stereocenters. The summed E-state index contributed by atoms with van der Waals surface area (Å²) in [5.41, 5.74) is 5.73. The van der Waals surface area contributed by atoms with E-state index >= 15 is 0 Å². The number of hydrogen-bond donors (Lipinski definition) is 2. The molecule has 2 fully saturated rings. The molecule has 0 aliphatic heterocycles. The molecule has 2 aliphatic carbocycles. The number of carbonyl (C=O) groups is 1. The minimum atomic E-state index is 0.266. The second-order valence-corrected chi connectivity index (χ2v) is 5.81. The van der Waals surface area contributed by atoms with Crippen molar-refractivity contribution in [3.05, 3.63) is 0 Å². The molecular weight excluding hydrogens is 212 g/mol. The lowest BCUT2D eigenvalue weighted by Crippen LogP contribution is -2.40. The molecular formula is C14H26N2O. The Kier molecular flexibility index (Phi) is 4.84. The molecule has 0 saturated heterocycles. The molecule has 0 bridgehead atoms. The molecule has 2 aliphatic rings. The third-order valence-electron chi connectivity index (χ3n) is 4.51. The predicted octanol–water partition coefficient (Wildman–Crippen LogP) is 2.20. The summed E-state index contributed by atoms with van der Waals surface area (Å²) in [6, 6.07) is 0.357. The molecule has 0 aromatic carbocycles. The van der Waals surface area contributed by atoms with Crippen molar-refractivity contribution in [3.63, 3.8) is 0 Å². The van der Waals surface area contributed by atoms with Crippen LogP contribution in [0.4, 0.5) is 0 Å². The van der Waals surface area contributed by atoms with Crippen LogP contribution in [-0.2, 0) is 4.79 Å². The molecule has 0 heterocycles. The summed E-state index contributed by atoms with van der Waals surface area (Å²) in [5.74, 6) is 1.43. The third-order valence-corrected chi connectivity index (χ3v) is 4.51. The van der Waals surface area contributed by atoms with Crippen LogP contribution in [0, 0.1) is 11.8 Å². The number of hydrogen-bond acceptors (Lipinski definition) is 2. The minimum absolute atomic E-state index is 0.266. The lowest BCUT2D eigenvalue weighted by Gasteiger charge is -2.24. The first kappa shape index (κ1) is 12.9. The van der Waals surface area contributed by atoms with Gasteiger partial charge in [0.05, 0.1) is 0 Å². The molecule has 0 aromatic heterocycles. The van der Waals surface area contributed by atoms with Crippen molar-refractivity contribution >= 4 is 5.91 Å². The molecule has 0 spiro atoms. The Hall–Kier alpha value is -0.570. The van der Waals surface area contributed by atoms with E-state index in [-0.39, 0.29) is 5.91 Å². The van der Waals surface area contributed by atoms with E-state index in [4.69, 9.17) is 5.73 Å². The Morgan fingerprint density at radius 2 is 1.82 bits per heavy atom. The van der Waals surface area contributed by atoms with Crippen molar-refractivity contribution in [3.8, 4) is 0 Å². The first-order valence-corrected chi connectivity index (χ1v) is 7.29. The molecule has 17 heavy (non-hydrogen) atoms. The van der Waals surface area contributed by atoms with E-state index < -0.39 is 0 Å². The lowest BCUT2D eigenvalue weighted by atomic mass is 9.86. The predicted molar refractivity (Wildman–Crippen MR) is 69.5 cm³/mol. The molecule has 1 amide bonds. The standard InChI is InChI=1S/C14H26N2O/c15-10-12-7-4-8-13(12)16-14(17)9-11-5-2-1-3-6-11/h11-13H,1-10,15H2,(H,16,17). The maximum absolute atomic E-state index is 12.0. The fourth-order valence-electron chi connectivity index (χ4n) is 3.43. The van der Waals surface area contributed by atoms with Gasteiger partial charge in [0.25, 0.3) is 0 Å². The first-order chi connectivity index (χ1) is 8.29. The summed E-state index contributed by atoms with van der Waals surface area (Å²) in [7, 11) is 0. The highest BCUT2D eigenvalue weighted by atomic mass is 16.1. The second-order valence-electron chi connectivity index (χ2n) is 5.81. The second kappa shape index (κ2) is 6.39. The van der Waals surface area contributed by atoms with Gasteiger partial charge in [-0.3, -0.25) is 4.79 Å². The topological polar surface area (TPSA) is 55.1 Å². The van der Waals surface area contributed by atoms with Gasteiger partial charge in [0, 0.05) is 12.5 Å². The summed E-state index contributed by atoms with van der Waals surface area (Å²) < 4.78 is 0. The van der Waals surface area contributed by atoms with Gasteiger partial charge in [0.1, 0.15) is 0 Å². The number of nitrogens with two attached hydrogens (primary N) is 1. The van der Waals surface area contributed by atoms with E-state index in [2.05, 4.69) is 5.32 Å². The average molecular weight is 238 g/mol. The molecule has 3 heteroatoms. The quantitative estimate of drug-likeness (QED) is 0.789. The number of rotatable bonds is 4. The summed E-state index contributed by atoms with van der Waals surface area (Å²) in [6.45, 7) is 0.717. The van der Waals surface area contributed by atoms with Crippen molar-refractivity contribution in [1.29, 1.82) is 0 Å². The maximum atomic E-state index is 12.0. The molecule has 2 saturated carbocycles. The lowest BCUT2D eigenvalue weighted by molar-refractivity contribution is -0.123. The molecule has 2 rings (SSSR count). The molecule has 0 aromatic rings. The van der Waals surface area contributed by atoms with Crippen LogP contribution >= 0.6 is 0 Å². The molecule has 3 nitrogen and oxygen atoms in total.